The van der Waals surface area contributed by atoms with Crippen LogP contribution in [0.2, 0.25) is 10.0 Å². The Morgan fingerprint density at radius 2 is 1.85 bits per heavy atom. The molecular weight excluding hydrogens is 553 g/mol. The van der Waals surface area contributed by atoms with Crippen LogP contribution in [0.3, 0.4) is 0 Å². The number of amides is 2. The van der Waals surface area contributed by atoms with Crippen LogP contribution in [0.5, 0.6) is 11.5 Å². The Labute approximate surface area is 215 Å². The molecule has 33 heavy (non-hydrogen) atoms. The third kappa shape index (κ3) is 6.67. The van der Waals surface area contributed by atoms with Crippen molar-refractivity contribution in [1.29, 1.82) is 0 Å². The lowest BCUT2D eigenvalue weighted by Gasteiger charge is -2.14. The minimum absolute atomic E-state index is 0.267. The normalized spacial score (nSPS) is 14.9. The van der Waals surface area contributed by atoms with E-state index in [9.17, 15) is 9.59 Å². The van der Waals surface area contributed by atoms with Gasteiger partial charge in [0.2, 0.25) is 0 Å². The number of hydrogen-bond donors (Lipinski definition) is 0. The zero-order valence-corrected chi connectivity index (χ0v) is 21.9. The lowest BCUT2D eigenvalue weighted by molar-refractivity contribution is -0.122. The van der Waals surface area contributed by atoms with Gasteiger partial charge in [0.15, 0.2) is 11.5 Å². The minimum Gasteiger partial charge on any atom is -0.490 e. The van der Waals surface area contributed by atoms with E-state index in [-0.39, 0.29) is 17.8 Å². The van der Waals surface area contributed by atoms with Gasteiger partial charge in [-0.05, 0) is 66.6 Å². The predicted molar refractivity (Wildman–Crippen MR) is 135 cm³/mol. The first kappa shape index (κ1) is 25.9. The van der Waals surface area contributed by atoms with Gasteiger partial charge in [-0.3, -0.25) is 14.5 Å². The number of rotatable bonds is 10. The summed E-state index contributed by atoms with van der Waals surface area (Å²) in [6.45, 7) is 3.37. The Kier molecular flexibility index (Phi) is 9.52. The van der Waals surface area contributed by atoms with Crippen molar-refractivity contribution in [2.24, 2.45) is 0 Å². The van der Waals surface area contributed by atoms with Gasteiger partial charge in [-0.25, -0.2) is 0 Å². The van der Waals surface area contributed by atoms with E-state index in [4.69, 9.17) is 37.4 Å². The van der Waals surface area contributed by atoms with Crippen LogP contribution in [-0.2, 0) is 16.1 Å². The zero-order chi connectivity index (χ0) is 24.0. The number of hydrogen-bond acceptors (Lipinski definition) is 6. The maximum atomic E-state index is 12.7. The van der Waals surface area contributed by atoms with Gasteiger partial charge in [-0.15, -0.1) is 0 Å². The fraction of sp³-hybridized carbons (Fsp3) is 0.304. The number of imide groups is 1. The van der Waals surface area contributed by atoms with Crippen LogP contribution in [-0.4, -0.2) is 42.9 Å². The highest BCUT2D eigenvalue weighted by atomic mass is 79.9. The Balaban J connectivity index is 1.81. The second-order valence-electron chi connectivity index (χ2n) is 6.97. The summed E-state index contributed by atoms with van der Waals surface area (Å²) in [6.07, 6.45) is 2.27. The van der Waals surface area contributed by atoms with E-state index in [1.807, 2.05) is 13.0 Å². The predicted octanol–water partition coefficient (Wildman–Crippen LogP) is 6.81. The molecule has 1 aliphatic rings. The molecular formula is C23H22BrCl2NO5S. The van der Waals surface area contributed by atoms with Crippen LogP contribution in [0, 0.1) is 0 Å². The Morgan fingerprint density at radius 3 is 2.55 bits per heavy atom. The van der Waals surface area contributed by atoms with Crippen molar-refractivity contribution >= 4 is 68.1 Å². The average molecular weight is 575 g/mol. The molecule has 1 aliphatic heterocycles. The standard InChI is InChI=1S/C23H22BrCl2NO5S/c1-3-31-19-10-15(11-21-22(28)27(23(29)33-21)7-4-8-30-2)16(24)12-20(19)32-13-14-5-6-17(25)18(26)9-14/h5-6,9-12H,3-4,7-8,13H2,1-2H3/b21-11+. The van der Waals surface area contributed by atoms with Crippen molar-refractivity contribution in [3.05, 3.63) is 60.9 Å². The number of thioether (sulfide) groups is 1. The summed E-state index contributed by atoms with van der Waals surface area (Å²) in [5.74, 6) is 0.733. The van der Waals surface area contributed by atoms with E-state index < -0.39 is 0 Å². The molecule has 176 valence electrons. The van der Waals surface area contributed by atoms with Gasteiger partial charge in [-0.1, -0.05) is 45.2 Å². The van der Waals surface area contributed by atoms with Crippen molar-refractivity contribution in [3.8, 4) is 11.5 Å². The monoisotopic (exact) mass is 573 g/mol. The van der Waals surface area contributed by atoms with Crippen LogP contribution < -0.4 is 9.47 Å². The highest BCUT2D eigenvalue weighted by Crippen LogP contribution is 2.38. The molecule has 0 unspecified atom stereocenters. The highest BCUT2D eigenvalue weighted by Gasteiger charge is 2.34. The number of halogens is 3. The molecule has 6 nitrogen and oxygen atoms in total. The third-order valence-electron chi connectivity index (χ3n) is 4.63. The first-order valence-electron chi connectivity index (χ1n) is 10.1. The highest BCUT2D eigenvalue weighted by molar-refractivity contribution is 9.10. The Hall–Kier alpha value is -1.71. The molecule has 2 aromatic rings. The van der Waals surface area contributed by atoms with Crippen molar-refractivity contribution in [1.82, 2.24) is 4.90 Å². The van der Waals surface area contributed by atoms with Gasteiger partial charge in [-0.2, -0.15) is 0 Å². The molecule has 0 bridgehead atoms. The molecule has 1 heterocycles. The maximum absolute atomic E-state index is 12.7. The van der Waals surface area contributed by atoms with E-state index >= 15 is 0 Å². The summed E-state index contributed by atoms with van der Waals surface area (Å²) >= 11 is 16.5. The molecule has 0 N–H and O–H groups in total. The van der Waals surface area contributed by atoms with E-state index in [0.717, 1.165) is 17.3 Å². The molecule has 2 aromatic carbocycles. The summed E-state index contributed by atoms with van der Waals surface area (Å²) in [4.78, 5) is 26.6. The average Bonchev–Trinajstić information content (AvgIpc) is 3.04. The number of ether oxygens (including phenoxy) is 3. The fourth-order valence-electron chi connectivity index (χ4n) is 3.03. The Bertz CT molecular complexity index is 1080. The second-order valence-corrected chi connectivity index (χ2v) is 9.63. The van der Waals surface area contributed by atoms with Gasteiger partial charge in [0.25, 0.3) is 11.1 Å². The molecule has 2 amide bonds. The van der Waals surface area contributed by atoms with Crippen LogP contribution in [0.15, 0.2) is 39.7 Å². The van der Waals surface area contributed by atoms with E-state index in [2.05, 4.69) is 15.9 Å². The molecule has 3 rings (SSSR count). The zero-order valence-electron chi connectivity index (χ0n) is 18.0. The quantitative estimate of drug-likeness (QED) is 0.229. The molecule has 10 heteroatoms. The van der Waals surface area contributed by atoms with Crippen LogP contribution >= 0.6 is 50.9 Å². The molecule has 0 aliphatic carbocycles. The van der Waals surface area contributed by atoms with Gasteiger partial charge in [0.1, 0.15) is 6.61 Å². The topological polar surface area (TPSA) is 65.1 Å². The lowest BCUT2D eigenvalue weighted by atomic mass is 10.1. The van der Waals surface area contributed by atoms with Crippen LogP contribution in [0.4, 0.5) is 4.79 Å². The molecule has 0 spiro atoms. The molecule has 1 fully saturated rings. The maximum Gasteiger partial charge on any atom is 0.293 e. The summed E-state index contributed by atoms with van der Waals surface area (Å²) in [7, 11) is 1.58. The van der Waals surface area contributed by atoms with Gasteiger partial charge in [0.05, 0.1) is 21.6 Å². The van der Waals surface area contributed by atoms with E-state index in [1.54, 1.807) is 37.5 Å². The molecule has 0 aromatic heterocycles. The molecule has 0 saturated carbocycles. The largest absolute Gasteiger partial charge is 0.490 e. The minimum atomic E-state index is -0.314. The fourth-order valence-corrected chi connectivity index (χ4v) is 4.65. The Morgan fingerprint density at radius 1 is 1.09 bits per heavy atom. The van der Waals surface area contributed by atoms with E-state index in [0.29, 0.717) is 62.7 Å². The number of nitrogens with zero attached hydrogens (tertiary/aromatic N) is 1. The molecule has 1 saturated heterocycles. The summed E-state index contributed by atoms with van der Waals surface area (Å²) < 4.78 is 17.4. The van der Waals surface area contributed by atoms with Gasteiger partial charge in [0, 0.05) is 24.7 Å². The number of methoxy groups -OCH3 is 1. The van der Waals surface area contributed by atoms with Gasteiger partial charge < -0.3 is 14.2 Å². The number of carbonyl (C=O) groups is 2. The van der Waals surface area contributed by atoms with Gasteiger partial charge >= 0.3 is 0 Å². The SMILES string of the molecule is CCOc1cc(/C=C2/SC(=O)N(CCCOC)C2=O)c(Br)cc1OCc1ccc(Cl)c(Cl)c1. The van der Waals surface area contributed by atoms with Crippen molar-refractivity contribution in [3.63, 3.8) is 0 Å². The summed E-state index contributed by atoms with van der Waals surface area (Å²) in [6, 6.07) is 8.85. The first-order valence-corrected chi connectivity index (χ1v) is 12.5. The molecule has 0 radical (unpaired) electrons. The van der Waals surface area contributed by atoms with E-state index in [1.165, 1.54) is 4.90 Å². The van der Waals surface area contributed by atoms with Crippen molar-refractivity contribution in [2.75, 3.05) is 26.9 Å². The van der Waals surface area contributed by atoms with Crippen LogP contribution in [0.1, 0.15) is 24.5 Å². The smallest absolute Gasteiger partial charge is 0.293 e. The second kappa shape index (κ2) is 12.1. The van der Waals surface area contributed by atoms with Crippen molar-refractivity contribution < 1.29 is 23.8 Å². The number of benzene rings is 2. The van der Waals surface area contributed by atoms with Crippen LogP contribution in [0.25, 0.3) is 6.08 Å². The molecule has 0 atom stereocenters. The third-order valence-corrected chi connectivity index (χ3v) is 6.96. The lowest BCUT2D eigenvalue weighted by Crippen LogP contribution is -2.29. The van der Waals surface area contributed by atoms with Crippen molar-refractivity contribution in [2.45, 2.75) is 20.0 Å². The summed E-state index contributed by atoms with van der Waals surface area (Å²) in [5.41, 5.74) is 1.55. The summed E-state index contributed by atoms with van der Waals surface area (Å²) in [5, 5.41) is 0.645. The number of carbonyl (C=O) groups excluding carboxylic acids is 2. The first-order chi connectivity index (χ1) is 15.8.